The number of hydrogen-bond donors (Lipinski definition) is 1. The van der Waals surface area contributed by atoms with Gasteiger partial charge in [-0.05, 0) is 24.5 Å². The summed E-state index contributed by atoms with van der Waals surface area (Å²) >= 11 is 0. The first kappa shape index (κ1) is 11.6. The van der Waals surface area contributed by atoms with E-state index >= 15 is 0 Å². The van der Waals surface area contributed by atoms with E-state index in [1.54, 1.807) is 19.4 Å². The minimum absolute atomic E-state index is 0.108. The van der Waals surface area contributed by atoms with E-state index in [4.69, 9.17) is 5.11 Å². The summed E-state index contributed by atoms with van der Waals surface area (Å²) in [7, 11) is 1.63. The quantitative estimate of drug-likeness (QED) is 0.569. The Labute approximate surface area is 88.7 Å². The Morgan fingerprint density at radius 2 is 2.47 bits per heavy atom. The van der Waals surface area contributed by atoms with Crippen LogP contribution in [0.2, 0.25) is 0 Å². The summed E-state index contributed by atoms with van der Waals surface area (Å²) in [4.78, 5) is 14.5. The molecular weight excluding hydrogens is 194 g/mol. The molecule has 5 heteroatoms. The van der Waals surface area contributed by atoms with Crippen molar-refractivity contribution in [1.82, 2.24) is 9.99 Å². The van der Waals surface area contributed by atoms with Crippen molar-refractivity contribution < 1.29 is 5.11 Å². The number of aliphatic hydroxyl groups is 1. The van der Waals surface area contributed by atoms with Crippen molar-refractivity contribution in [3.63, 3.8) is 0 Å². The molecule has 5 nitrogen and oxygen atoms in total. The first-order valence-electron chi connectivity index (χ1n) is 4.86. The number of nitroso groups, excluding NO2 is 1. The molecule has 0 saturated heterocycles. The highest BCUT2D eigenvalue weighted by atomic mass is 16.3. The van der Waals surface area contributed by atoms with Gasteiger partial charge in [0.2, 0.25) is 0 Å². The monoisotopic (exact) mass is 209 g/mol. The predicted molar refractivity (Wildman–Crippen MR) is 56.9 cm³/mol. The van der Waals surface area contributed by atoms with E-state index < -0.39 is 0 Å². The zero-order valence-electron chi connectivity index (χ0n) is 8.71. The Balaban J connectivity index is 2.76. The van der Waals surface area contributed by atoms with Crippen molar-refractivity contribution in [3.8, 4) is 0 Å². The van der Waals surface area contributed by atoms with Crippen LogP contribution >= 0.6 is 0 Å². The summed E-state index contributed by atoms with van der Waals surface area (Å²) in [6.45, 7) is 0.115. The second-order valence-electron chi connectivity index (χ2n) is 3.32. The topological polar surface area (TPSA) is 65.8 Å². The van der Waals surface area contributed by atoms with Gasteiger partial charge in [-0.2, -0.15) is 0 Å². The number of aliphatic hydroxyl groups excluding tert-OH is 1. The minimum Gasteiger partial charge on any atom is -0.396 e. The zero-order chi connectivity index (χ0) is 11.1. The van der Waals surface area contributed by atoms with E-state index in [0.717, 1.165) is 5.56 Å². The van der Waals surface area contributed by atoms with Gasteiger partial charge in [0.25, 0.3) is 0 Å². The van der Waals surface area contributed by atoms with Gasteiger partial charge in [-0.1, -0.05) is 6.07 Å². The second-order valence-corrected chi connectivity index (χ2v) is 3.32. The lowest BCUT2D eigenvalue weighted by molar-refractivity contribution is 0.211. The maximum Gasteiger partial charge on any atom is 0.0764 e. The summed E-state index contributed by atoms with van der Waals surface area (Å²) in [5, 5.41) is 13.0. The molecule has 1 heterocycles. The smallest absolute Gasteiger partial charge is 0.0764 e. The highest BCUT2D eigenvalue weighted by Gasteiger charge is 2.16. The van der Waals surface area contributed by atoms with Gasteiger partial charge in [0.05, 0.1) is 11.3 Å². The molecule has 82 valence electrons. The maximum atomic E-state index is 10.5. The van der Waals surface area contributed by atoms with Crippen LogP contribution in [0.5, 0.6) is 0 Å². The van der Waals surface area contributed by atoms with Crippen LogP contribution in [0, 0.1) is 4.91 Å². The lowest BCUT2D eigenvalue weighted by Gasteiger charge is -2.22. The van der Waals surface area contributed by atoms with Crippen molar-refractivity contribution in [2.75, 3.05) is 13.7 Å². The fraction of sp³-hybridized carbons (Fsp3) is 0.500. The molecule has 0 unspecified atom stereocenters. The average molecular weight is 209 g/mol. The van der Waals surface area contributed by atoms with Crippen LogP contribution in [-0.2, 0) is 0 Å². The highest BCUT2D eigenvalue weighted by Crippen LogP contribution is 2.23. The molecule has 1 atom stereocenters. The minimum atomic E-state index is -0.108. The van der Waals surface area contributed by atoms with Crippen LogP contribution in [0.15, 0.2) is 29.8 Å². The lowest BCUT2D eigenvalue weighted by atomic mass is 10.0. The van der Waals surface area contributed by atoms with Crippen molar-refractivity contribution in [2.45, 2.75) is 18.9 Å². The largest absolute Gasteiger partial charge is 0.396 e. The molecular formula is C10H15N3O2. The fourth-order valence-electron chi connectivity index (χ4n) is 1.48. The molecule has 0 aliphatic carbocycles. The summed E-state index contributed by atoms with van der Waals surface area (Å²) in [6, 6.07) is 3.61. The van der Waals surface area contributed by atoms with Gasteiger partial charge in [-0.25, -0.2) is 0 Å². The third-order valence-corrected chi connectivity index (χ3v) is 2.28. The standard InChI is InChI=1S/C10H15N3O2/c1-13(12-15)10(5-3-7-14)9-4-2-6-11-8-9/h2,4,6,8,10,14H,3,5,7H2,1H3/t10-/m1/s1. The Hall–Kier alpha value is -1.49. The van der Waals surface area contributed by atoms with Crippen LogP contribution in [0.4, 0.5) is 0 Å². The van der Waals surface area contributed by atoms with Crippen molar-refractivity contribution in [1.29, 1.82) is 0 Å². The molecule has 0 aliphatic rings. The third-order valence-electron chi connectivity index (χ3n) is 2.28. The van der Waals surface area contributed by atoms with Crippen LogP contribution < -0.4 is 0 Å². The Morgan fingerprint density at radius 1 is 1.67 bits per heavy atom. The van der Waals surface area contributed by atoms with Crippen LogP contribution in [0.1, 0.15) is 24.4 Å². The van der Waals surface area contributed by atoms with Crippen LogP contribution in [-0.4, -0.2) is 28.8 Å². The van der Waals surface area contributed by atoms with E-state index in [-0.39, 0.29) is 12.6 Å². The van der Waals surface area contributed by atoms with Gasteiger partial charge in [0.15, 0.2) is 0 Å². The Bertz CT molecular complexity index is 292. The van der Waals surface area contributed by atoms with E-state index in [9.17, 15) is 4.91 Å². The first-order valence-corrected chi connectivity index (χ1v) is 4.86. The molecule has 15 heavy (non-hydrogen) atoms. The van der Waals surface area contributed by atoms with E-state index in [0.29, 0.717) is 12.8 Å². The van der Waals surface area contributed by atoms with Gasteiger partial charge < -0.3 is 5.11 Å². The van der Waals surface area contributed by atoms with Crippen LogP contribution in [0.25, 0.3) is 0 Å². The van der Waals surface area contributed by atoms with Gasteiger partial charge in [0, 0.05) is 26.0 Å². The molecule has 1 aromatic rings. The van der Waals surface area contributed by atoms with Gasteiger partial charge in [0.1, 0.15) is 0 Å². The van der Waals surface area contributed by atoms with Crippen molar-refractivity contribution >= 4 is 0 Å². The molecule has 0 aliphatic heterocycles. The number of rotatable bonds is 6. The fourth-order valence-corrected chi connectivity index (χ4v) is 1.48. The average Bonchev–Trinajstić information content (AvgIpc) is 2.30. The van der Waals surface area contributed by atoms with E-state index in [1.165, 1.54) is 5.01 Å². The predicted octanol–water partition coefficient (Wildman–Crippen LogP) is 1.51. The SMILES string of the molecule is CN(N=O)[C@H](CCCO)c1cccnc1. The Kier molecular flexibility index (Phi) is 4.70. The number of pyridine rings is 1. The third kappa shape index (κ3) is 3.28. The molecule has 0 radical (unpaired) electrons. The molecule has 0 bridgehead atoms. The number of hydrogen-bond acceptors (Lipinski definition) is 4. The summed E-state index contributed by atoms with van der Waals surface area (Å²) in [5.41, 5.74) is 0.938. The summed E-state index contributed by atoms with van der Waals surface area (Å²) in [5.74, 6) is 0. The number of nitrogens with zero attached hydrogens (tertiary/aromatic N) is 3. The molecule has 0 fully saturated rings. The zero-order valence-corrected chi connectivity index (χ0v) is 8.71. The molecule has 0 saturated carbocycles. The number of aromatic nitrogens is 1. The summed E-state index contributed by atoms with van der Waals surface area (Å²) < 4.78 is 0. The molecule has 1 aromatic heterocycles. The molecule has 0 spiro atoms. The maximum absolute atomic E-state index is 10.5. The van der Waals surface area contributed by atoms with Gasteiger partial charge in [-0.15, -0.1) is 4.91 Å². The van der Waals surface area contributed by atoms with Crippen LogP contribution in [0.3, 0.4) is 0 Å². The lowest BCUT2D eigenvalue weighted by Crippen LogP contribution is -2.19. The first-order chi connectivity index (χ1) is 7.29. The van der Waals surface area contributed by atoms with Gasteiger partial charge >= 0.3 is 0 Å². The normalized spacial score (nSPS) is 12.1. The van der Waals surface area contributed by atoms with Crippen molar-refractivity contribution in [3.05, 3.63) is 35.0 Å². The van der Waals surface area contributed by atoms with E-state index in [2.05, 4.69) is 10.3 Å². The summed E-state index contributed by atoms with van der Waals surface area (Å²) in [6.07, 6.45) is 4.72. The van der Waals surface area contributed by atoms with Crippen molar-refractivity contribution in [2.24, 2.45) is 5.29 Å². The van der Waals surface area contributed by atoms with Gasteiger partial charge in [-0.3, -0.25) is 9.99 Å². The van der Waals surface area contributed by atoms with E-state index in [1.807, 2.05) is 12.1 Å². The molecule has 0 amide bonds. The Morgan fingerprint density at radius 3 is 3.00 bits per heavy atom. The molecule has 1 rings (SSSR count). The molecule has 1 N–H and O–H groups in total. The molecule has 0 aromatic carbocycles. The second kappa shape index (κ2) is 6.08. The highest BCUT2D eigenvalue weighted by molar-refractivity contribution is 5.13.